The van der Waals surface area contributed by atoms with E-state index < -0.39 is 67.3 Å². The number of nitrogens with zero attached hydrogens (tertiary/aromatic N) is 4. The van der Waals surface area contributed by atoms with Crippen molar-refractivity contribution in [2.75, 3.05) is 98.2 Å². The number of aliphatic carboxylic acids is 3. The van der Waals surface area contributed by atoms with Crippen LogP contribution in [0.3, 0.4) is 0 Å². The number of rotatable bonds is 15. The summed E-state index contributed by atoms with van der Waals surface area (Å²) >= 11 is 0. The van der Waals surface area contributed by atoms with Crippen LogP contribution in [0.15, 0.2) is 0 Å². The molecule has 0 bridgehead atoms. The van der Waals surface area contributed by atoms with Crippen LogP contribution in [0.25, 0.3) is 0 Å². The molecule has 20 nitrogen and oxygen atoms in total. The molecule has 1 heterocycles. The van der Waals surface area contributed by atoms with Crippen LogP contribution in [0.2, 0.25) is 0 Å². The molecule has 0 aliphatic carbocycles. The molecule has 5 amide bonds. The molecule has 0 saturated carbocycles. The summed E-state index contributed by atoms with van der Waals surface area (Å²) in [4.78, 5) is 99.4. The monoisotopic (exact) mass is 806 g/mol. The Morgan fingerprint density at radius 3 is 1.02 bits per heavy atom. The van der Waals surface area contributed by atoms with Crippen LogP contribution in [0, 0.1) is 46.9 Å². The number of carboxylic acid groups (broad SMARTS) is 4. The van der Waals surface area contributed by atoms with Crippen molar-refractivity contribution in [2.24, 2.45) is 0 Å². The van der Waals surface area contributed by atoms with Crippen LogP contribution in [0.4, 0.5) is 4.79 Å². The minimum atomic E-state index is -1.50. The van der Waals surface area contributed by atoms with Crippen molar-refractivity contribution in [2.45, 2.75) is 6.42 Å². The van der Waals surface area contributed by atoms with Gasteiger partial charge in [0.25, 0.3) is 0 Å². The first-order valence-electron chi connectivity index (χ1n) is 13.6. The maximum Gasteiger partial charge on any atom is 3.00 e. The number of carboxylic acids is 3. The van der Waals surface area contributed by atoms with Gasteiger partial charge < -0.3 is 41.3 Å². The summed E-state index contributed by atoms with van der Waals surface area (Å²) in [6.07, 6.45) is -1.66. The fourth-order valence-corrected chi connectivity index (χ4v) is 4.02. The Hall–Kier alpha value is -2.88. The second kappa shape index (κ2) is 23.5. The van der Waals surface area contributed by atoms with Crippen molar-refractivity contribution in [3.05, 3.63) is 0 Å². The van der Waals surface area contributed by atoms with E-state index in [1.165, 1.54) is 0 Å². The Morgan fingerprint density at radius 2 is 0.756 bits per heavy atom. The Bertz CT molecular complexity index is 1000. The second-order valence-electron chi connectivity index (χ2n) is 9.78. The number of carbonyl (C=O) groups excluding carboxylic acids is 4. The molecule has 1 radical (unpaired) electrons. The largest absolute Gasteiger partial charge is 3.00 e. The average molecular weight is 806 g/mol. The van der Waals surface area contributed by atoms with E-state index in [2.05, 4.69) is 16.0 Å². The van der Waals surface area contributed by atoms with Gasteiger partial charge in [0.1, 0.15) is 19.6 Å². The molecule has 1 aliphatic heterocycles. The zero-order chi connectivity index (χ0) is 33.1. The van der Waals surface area contributed by atoms with E-state index in [4.69, 9.17) is 20.4 Å². The standard InChI is InChI=1S/C24H40N8O12.Yb/c33-17(28-24(43)44)1-2-29-3-5-30(14-18(34)25-11-21(37)38)7-9-32(16-20(36)27-13-23(41)42)10-8-31(6-4-29)15-19(35)26-12-22(39)40;/h1-16H2,(H,25,34)(H,26,35)(H,27,36)(H,28,33)(H,37,38)(H,39,40)(H,41,42)(H,43,44);/q;+3. The summed E-state index contributed by atoms with van der Waals surface area (Å²) in [7, 11) is 0. The molecule has 8 N–H and O–H groups in total. The third-order valence-electron chi connectivity index (χ3n) is 6.24. The number of imide groups is 1. The van der Waals surface area contributed by atoms with Crippen molar-refractivity contribution in [1.29, 1.82) is 0 Å². The van der Waals surface area contributed by atoms with Gasteiger partial charge in [-0.15, -0.1) is 0 Å². The molecule has 0 unspecified atom stereocenters. The normalized spacial score (nSPS) is 15.6. The second-order valence-corrected chi connectivity index (χ2v) is 9.78. The van der Waals surface area contributed by atoms with Crippen molar-refractivity contribution in [1.82, 2.24) is 40.9 Å². The number of nitrogens with one attached hydrogen (secondary N) is 4. The van der Waals surface area contributed by atoms with E-state index in [9.17, 15) is 38.4 Å². The predicted molar refractivity (Wildman–Crippen MR) is 148 cm³/mol. The Labute approximate surface area is 297 Å². The van der Waals surface area contributed by atoms with Gasteiger partial charge in [0.05, 0.1) is 19.6 Å². The Balaban J connectivity index is 0.0000194. The number of hydrogen-bond donors (Lipinski definition) is 8. The minimum Gasteiger partial charge on any atom is -0.480 e. The van der Waals surface area contributed by atoms with Crippen LogP contribution in [-0.4, -0.2) is 186 Å². The van der Waals surface area contributed by atoms with E-state index in [1.54, 1.807) is 20.0 Å². The van der Waals surface area contributed by atoms with E-state index in [0.717, 1.165) is 0 Å². The van der Waals surface area contributed by atoms with Crippen molar-refractivity contribution in [3.63, 3.8) is 0 Å². The molecular weight excluding hydrogens is 765 g/mol. The molecule has 0 spiro atoms. The predicted octanol–water partition coefficient (Wildman–Crippen LogP) is -5.01. The van der Waals surface area contributed by atoms with Gasteiger partial charge in [0.2, 0.25) is 23.6 Å². The first-order valence-corrected chi connectivity index (χ1v) is 13.6. The number of carbonyl (C=O) groups is 8. The molecule has 1 saturated heterocycles. The molecule has 0 aromatic rings. The zero-order valence-corrected chi connectivity index (χ0v) is 26.1. The molecule has 45 heavy (non-hydrogen) atoms. The first kappa shape index (κ1) is 42.1. The summed E-state index contributed by atoms with van der Waals surface area (Å²) in [5, 5.41) is 44.0. The quantitative estimate of drug-likeness (QED) is 0.0770. The third kappa shape index (κ3) is 22.3. The Kier molecular flexibility index (Phi) is 22.0. The Morgan fingerprint density at radius 1 is 0.467 bits per heavy atom. The van der Waals surface area contributed by atoms with Gasteiger partial charge in [-0.2, -0.15) is 0 Å². The molecule has 259 valence electrons. The van der Waals surface area contributed by atoms with E-state index >= 15 is 0 Å². The van der Waals surface area contributed by atoms with Crippen LogP contribution in [-0.2, 0) is 33.6 Å². The van der Waals surface area contributed by atoms with Crippen LogP contribution in [0.1, 0.15) is 6.42 Å². The molecule has 21 heteroatoms. The fourth-order valence-electron chi connectivity index (χ4n) is 4.02. The molecule has 1 rings (SSSR count). The summed E-state index contributed by atoms with van der Waals surface area (Å²) in [6, 6.07) is 0. The molecular formula is C24H40N8O12Yb+3. The van der Waals surface area contributed by atoms with Gasteiger partial charge in [0, 0.05) is 65.3 Å². The van der Waals surface area contributed by atoms with Crippen LogP contribution in [0.5, 0.6) is 0 Å². The van der Waals surface area contributed by atoms with Crippen molar-refractivity contribution < 1.29 is 106 Å². The van der Waals surface area contributed by atoms with Gasteiger partial charge in [0.15, 0.2) is 0 Å². The summed E-state index contributed by atoms with van der Waals surface area (Å²) in [5.41, 5.74) is 0. The maximum atomic E-state index is 12.4. The summed E-state index contributed by atoms with van der Waals surface area (Å²) in [6.45, 7) is -0.245. The van der Waals surface area contributed by atoms with Gasteiger partial charge in [-0.3, -0.25) is 53.6 Å². The third-order valence-corrected chi connectivity index (χ3v) is 6.24. The molecule has 0 atom stereocenters. The van der Waals surface area contributed by atoms with Gasteiger partial charge in [-0.25, -0.2) is 4.79 Å². The zero-order valence-electron chi connectivity index (χ0n) is 24.4. The van der Waals surface area contributed by atoms with E-state index in [-0.39, 0.29) is 132 Å². The van der Waals surface area contributed by atoms with Crippen molar-refractivity contribution >= 4 is 47.6 Å². The van der Waals surface area contributed by atoms with Crippen LogP contribution < -0.4 is 21.3 Å². The van der Waals surface area contributed by atoms with E-state index in [0.29, 0.717) is 0 Å². The fraction of sp³-hybridized carbons (Fsp3) is 0.667. The number of amides is 5. The van der Waals surface area contributed by atoms with Gasteiger partial charge >= 0.3 is 70.9 Å². The molecule has 1 fully saturated rings. The maximum absolute atomic E-state index is 12.4. The molecule has 1 aliphatic rings. The summed E-state index contributed by atoms with van der Waals surface area (Å²) in [5.74, 6) is -6.09. The topological polar surface area (TPSA) is 279 Å². The smallest absolute Gasteiger partial charge is 0.480 e. The summed E-state index contributed by atoms with van der Waals surface area (Å²) < 4.78 is 0. The van der Waals surface area contributed by atoms with Gasteiger partial charge in [-0.05, 0) is 0 Å². The molecule has 0 aromatic heterocycles. The SMILES string of the molecule is O=C(O)CNC(=O)CN1CCN(CCC(=O)NC(=O)O)CCN(CC(=O)NCC(=O)O)CCN(CC(=O)NCC(=O)O)CC1.[Yb+3]. The average Bonchev–Trinajstić information content (AvgIpc) is 2.92. The number of hydrogen-bond acceptors (Lipinski definition) is 12. The first-order chi connectivity index (χ1) is 20.7. The molecule has 0 aromatic carbocycles. The van der Waals surface area contributed by atoms with E-state index in [1.807, 2.05) is 4.90 Å². The van der Waals surface area contributed by atoms with Gasteiger partial charge in [-0.1, -0.05) is 0 Å². The minimum absolute atomic E-state index is 0. The van der Waals surface area contributed by atoms with Crippen LogP contribution >= 0.6 is 0 Å². The van der Waals surface area contributed by atoms with Crippen molar-refractivity contribution in [3.8, 4) is 0 Å².